The van der Waals surface area contributed by atoms with Crippen molar-refractivity contribution in [1.29, 1.82) is 0 Å². The number of aromatic nitrogens is 4. The van der Waals surface area contributed by atoms with E-state index >= 15 is 0 Å². The highest BCUT2D eigenvalue weighted by molar-refractivity contribution is 14.1. The van der Waals surface area contributed by atoms with Crippen molar-refractivity contribution in [3.63, 3.8) is 0 Å². The first-order chi connectivity index (χ1) is 18.2. The normalized spacial score (nSPS) is 16.7. The molecule has 0 atom stereocenters. The Hall–Kier alpha value is -2.31. The van der Waals surface area contributed by atoms with Crippen molar-refractivity contribution < 1.29 is 0 Å². The number of nitrogens with zero attached hydrogens (tertiary/aromatic N) is 7. The number of hydrogen-bond donors (Lipinski definition) is 0. The van der Waals surface area contributed by atoms with E-state index in [9.17, 15) is 0 Å². The van der Waals surface area contributed by atoms with Crippen LogP contribution in [0.2, 0.25) is 0 Å². The minimum absolute atomic E-state index is 0.729. The van der Waals surface area contributed by atoms with Crippen LogP contribution in [0.1, 0.15) is 44.1 Å². The van der Waals surface area contributed by atoms with Gasteiger partial charge in [-0.05, 0) is 109 Å². The molecule has 2 aliphatic rings. The van der Waals surface area contributed by atoms with Gasteiger partial charge in [-0.2, -0.15) is 15.0 Å². The van der Waals surface area contributed by atoms with Gasteiger partial charge in [-0.1, -0.05) is 12.1 Å². The highest BCUT2D eigenvalue weighted by atomic mass is 127. The minimum atomic E-state index is 0.729. The number of piperidine rings is 2. The Morgan fingerprint density at radius 3 is 2.08 bits per heavy atom. The Morgan fingerprint density at radius 2 is 1.43 bits per heavy atom. The first kappa shape index (κ1) is 25.0. The molecule has 2 aromatic carbocycles. The molecule has 2 aliphatic heterocycles. The summed E-state index contributed by atoms with van der Waals surface area (Å²) in [5.41, 5.74) is 2.98. The zero-order valence-corrected chi connectivity index (χ0v) is 24.3. The topological polar surface area (TPSA) is 70.4 Å². The third kappa shape index (κ3) is 6.23. The van der Waals surface area contributed by atoms with Crippen LogP contribution in [0.3, 0.4) is 0 Å². The number of aliphatic imine (C=N–C) groups is 1. The molecule has 7 nitrogen and oxygen atoms in total. The van der Waals surface area contributed by atoms with Crippen LogP contribution >= 0.6 is 45.7 Å². The minimum Gasteiger partial charge on any atom is -0.341 e. The van der Waals surface area contributed by atoms with Crippen LogP contribution in [0.15, 0.2) is 57.0 Å². The van der Waals surface area contributed by atoms with Crippen molar-refractivity contribution in [3.8, 4) is 0 Å². The molecular formula is C27H28IN7S2. The number of thiazole rings is 1. The summed E-state index contributed by atoms with van der Waals surface area (Å²) in [5, 5.41) is 0.729. The van der Waals surface area contributed by atoms with Crippen LogP contribution in [0.25, 0.3) is 10.2 Å². The van der Waals surface area contributed by atoms with Gasteiger partial charge in [0.25, 0.3) is 0 Å². The third-order valence-corrected chi connectivity index (χ3v) is 9.30. The molecule has 0 aliphatic carbocycles. The molecule has 0 saturated carbocycles. The van der Waals surface area contributed by atoms with Crippen LogP contribution in [0.4, 0.5) is 17.6 Å². The average molecular weight is 642 g/mol. The fraction of sp³-hybridized carbons (Fsp3) is 0.370. The Balaban J connectivity index is 1.25. The largest absolute Gasteiger partial charge is 0.341 e. The molecule has 0 bridgehead atoms. The standard InChI is InChI=1S/C27H28IN7S2/c28-20-9-7-19(8-10-20)18-29-21-11-12-22-23(17-21)36-27(30-22)37-26-32-24(34-13-3-1-4-14-34)31-25(33-26)35-15-5-2-6-16-35/h7-12,17-18H,1-6,13-16H2. The van der Waals surface area contributed by atoms with Crippen molar-refractivity contribution in [2.45, 2.75) is 48.0 Å². The van der Waals surface area contributed by atoms with E-state index in [1.807, 2.05) is 18.3 Å². The Bertz CT molecular complexity index is 1360. The summed E-state index contributed by atoms with van der Waals surface area (Å²) in [5.74, 6) is 1.62. The molecule has 6 rings (SSSR count). The van der Waals surface area contributed by atoms with Crippen LogP contribution in [-0.2, 0) is 0 Å². The molecule has 0 spiro atoms. The number of rotatable bonds is 6. The van der Waals surface area contributed by atoms with Gasteiger partial charge in [0.15, 0.2) is 4.34 Å². The smallest absolute Gasteiger partial charge is 0.231 e. The van der Waals surface area contributed by atoms with Crippen molar-refractivity contribution in [2.24, 2.45) is 4.99 Å². The zero-order chi connectivity index (χ0) is 25.0. The molecule has 0 unspecified atom stereocenters. The van der Waals surface area contributed by atoms with Gasteiger partial charge in [-0.25, -0.2) is 4.98 Å². The molecule has 2 aromatic heterocycles. The summed E-state index contributed by atoms with van der Waals surface area (Å²) >= 11 is 5.51. The van der Waals surface area contributed by atoms with E-state index in [0.717, 1.165) is 69.0 Å². The monoisotopic (exact) mass is 641 g/mol. The van der Waals surface area contributed by atoms with Crippen LogP contribution < -0.4 is 9.80 Å². The van der Waals surface area contributed by atoms with Gasteiger partial charge < -0.3 is 9.80 Å². The number of fused-ring (bicyclic) bond motifs is 1. The second-order valence-electron chi connectivity index (χ2n) is 9.36. The lowest BCUT2D eigenvalue weighted by Crippen LogP contribution is -2.34. The van der Waals surface area contributed by atoms with Gasteiger partial charge in [0.2, 0.25) is 17.1 Å². The Morgan fingerprint density at radius 1 is 0.784 bits per heavy atom. The first-order valence-corrected chi connectivity index (χ1v) is 15.5. The second kappa shape index (κ2) is 11.6. The molecule has 4 heterocycles. The predicted molar refractivity (Wildman–Crippen MR) is 162 cm³/mol. The van der Waals surface area contributed by atoms with Gasteiger partial charge in [0, 0.05) is 36.0 Å². The van der Waals surface area contributed by atoms with Gasteiger partial charge in [0.05, 0.1) is 15.9 Å². The third-order valence-electron chi connectivity index (χ3n) is 6.63. The molecule has 10 heteroatoms. The summed E-state index contributed by atoms with van der Waals surface area (Å²) in [6, 6.07) is 14.5. The van der Waals surface area contributed by atoms with Crippen molar-refractivity contribution in [3.05, 3.63) is 51.6 Å². The van der Waals surface area contributed by atoms with Crippen molar-refractivity contribution >= 4 is 79.7 Å². The molecule has 4 aromatic rings. The fourth-order valence-corrected chi connectivity index (χ4v) is 6.95. The molecule has 0 N–H and O–H groups in total. The summed E-state index contributed by atoms with van der Waals surface area (Å²) < 4.78 is 3.27. The summed E-state index contributed by atoms with van der Waals surface area (Å²) in [6.45, 7) is 4.06. The van der Waals surface area contributed by atoms with Gasteiger partial charge in [-0.3, -0.25) is 4.99 Å². The number of anilines is 2. The lowest BCUT2D eigenvalue weighted by Gasteiger charge is -2.30. The lowest BCUT2D eigenvalue weighted by atomic mass is 10.1. The predicted octanol–water partition coefficient (Wildman–Crippen LogP) is 6.97. The molecular weight excluding hydrogens is 613 g/mol. The van der Waals surface area contributed by atoms with Gasteiger partial charge in [0.1, 0.15) is 0 Å². The van der Waals surface area contributed by atoms with Crippen molar-refractivity contribution in [1.82, 2.24) is 19.9 Å². The number of hydrogen-bond acceptors (Lipinski definition) is 9. The maximum absolute atomic E-state index is 4.91. The van der Waals surface area contributed by atoms with Gasteiger partial charge >= 0.3 is 0 Å². The molecule has 37 heavy (non-hydrogen) atoms. The summed E-state index contributed by atoms with van der Waals surface area (Å²) in [6.07, 6.45) is 9.25. The van der Waals surface area contributed by atoms with Crippen LogP contribution in [0, 0.1) is 3.57 Å². The second-order valence-corrected chi connectivity index (χ2v) is 12.8. The highest BCUT2D eigenvalue weighted by Gasteiger charge is 2.21. The Labute approximate surface area is 239 Å². The van der Waals surface area contributed by atoms with E-state index in [1.54, 1.807) is 11.3 Å². The van der Waals surface area contributed by atoms with Gasteiger partial charge in [-0.15, -0.1) is 11.3 Å². The maximum Gasteiger partial charge on any atom is 0.231 e. The number of benzene rings is 2. The SMILES string of the molecule is Ic1ccc(C=Nc2ccc3nc(Sc4nc(N5CCCCC5)nc(N5CCCCC5)n4)sc3c2)cc1. The molecule has 190 valence electrons. The first-order valence-electron chi connectivity index (χ1n) is 12.8. The average Bonchev–Trinajstić information content (AvgIpc) is 3.35. The van der Waals surface area contributed by atoms with E-state index in [4.69, 9.17) is 19.9 Å². The van der Waals surface area contributed by atoms with E-state index in [1.165, 1.54) is 53.9 Å². The Kier molecular flexibility index (Phi) is 7.84. The maximum atomic E-state index is 4.91. The van der Waals surface area contributed by atoms with Crippen molar-refractivity contribution in [2.75, 3.05) is 36.0 Å². The van der Waals surface area contributed by atoms with Crippen LogP contribution in [-0.4, -0.2) is 52.3 Å². The summed E-state index contributed by atoms with van der Waals surface area (Å²) in [7, 11) is 0. The fourth-order valence-electron chi connectivity index (χ4n) is 4.64. The molecule has 2 fully saturated rings. The number of halogens is 1. The van der Waals surface area contributed by atoms with E-state index in [0.29, 0.717) is 0 Å². The van der Waals surface area contributed by atoms with E-state index in [-0.39, 0.29) is 0 Å². The van der Waals surface area contributed by atoms with Crippen LogP contribution in [0.5, 0.6) is 0 Å². The zero-order valence-electron chi connectivity index (χ0n) is 20.5. The molecule has 2 saturated heterocycles. The molecule has 0 amide bonds. The molecule has 0 radical (unpaired) electrons. The summed E-state index contributed by atoms with van der Waals surface area (Å²) in [4.78, 5) is 28.9. The quantitative estimate of drug-likeness (QED) is 0.166. The highest BCUT2D eigenvalue weighted by Crippen LogP contribution is 2.36. The van der Waals surface area contributed by atoms with E-state index in [2.05, 4.69) is 67.7 Å². The lowest BCUT2D eigenvalue weighted by molar-refractivity contribution is 0.551. The van der Waals surface area contributed by atoms with E-state index < -0.39 is 0 Å².